The molecule has 6 heteroatoms. The molecule has 0 aromatic rings. The first kappa shape index (κ1) is 20.5. The lowest BCUT2D eigenvalue weighted by Gasteiger charge is -2.17. The minimum Gasteiger partial charge on any atom is -0.353 e. The number of nitrogens with one attached hydrogen (secondary N) is 3. The van der Waals surface area contributed by atoms with Crippen LogP contribution >= 0.6 is 12.4 Å². The van der Waals surface area contributed by atoms with E-state index in [4.69, 9.17) is 0 Å². The van der Waals surface area contributed by atoms with Gasteiger partial charge in [-0.15, -0.1) is 12.4 Å². The summed E-state index contributed by atoms with van der Waals surface area (Å²) in [5, 5.41) is 8.59. The van der Waals surface area contributed by atoms with E-state index in [1.807, 2.05) is 34.6 Å². The summed E-state index contributed by atoms with van der Waals surface area (Å²) >= 11 is 0. The molecule has 0 unspecified atom stereocenters. The Labute approximate surface area is 122 Å². The van der Waals surface area contributed by atoms with Crippen LogP contribution in [-0.4, -0.2) is 37.5 Å². The zero-order valence-corrected chi connectivity index (χ0v) is 13.4. The Bertz CT molecular complexity index is 278. The minimum absolute atomic E-state index is 0. The van der Waals surface area contributed by atoms with Crippen LogP contribution in [0.2, 0.25) is 0 Å². The van der Waals surface area contributed by atoms with Crippen LogP contribution in [0, 0.1) is 5.41 Å². The van der Waals surface area contributed by atoms with Crippen molar-refractivity contribution in [2.24, 2.45) is 5.41 Å². The van der Waals surface area contributed by atoms with Crippen molar-refractivity contribution in [3.8, 4) is 0 Å². The van der Waals surface area contributed by atoms with E-state index in [-0.39, 0.29) is 42.2 Å². The Balaban J connectivity index is 0. The molecular formula is C13H28ClN3O2. The predicted octanol–water partition coefficient (Wildman–Crippen LogP) is 1.07. The Morgan fingerprint density at radius 3 is 2.16 bits per heavy atom. The van der Waals surface area contributed by atoms with Crippen molar-refractivity contribution in [3.63, 3.8) is 0 Å². The Kier molecular flexibility index (Phi) is 10.8. The van der Waals surface area contributed by atoms with Crippen molar-refractivity contribution >= 4 is 24.2 Å². The number of halogens is 1. The van der Waals surface area contributed by atoms with E-state index < -0.39 is 0 Å². The van der Waals surface area contributed by atoms with Crippen molar-refractivity contribution in [2.45, 2.75) is 47.1 Å². The van der Waals surface area contributed by atoms with Crippen LogP contribution in [0.4, 0.5) is 0 Å². The molecule has 1 atom stereocenters. The van der Waals surface area contributed by atoms with E-state index in [9.17, 15) is 9.59 Å². The van der Waals surface area contributed by atoms with Gasteiger partial charge in [-0.05, 0) is 18.9 Å². The summed E-state index contributed by atoms with van der Waals surface area (Å²) in [5.74, 6) is -0.237. The minimum atomic E-state index is -0.151. The summed E-state index contributed by atoms with van der Waals surface area (Å²) in [4.78, 5) is 23.0. The van der Waals surface area contributed by atoms with E-state index >= 15 is 0 Å². The topological polar surface area (TPSA) is 70.2 Å². The van der Waals surface area contributed by atoms with E-state index in [1.165, 1.54) is 0 Å². The van der Waals surface area contributed by atoms with Crippen LogP contribution in [0.3, 0.4) is 0 Å². The van der Waals surface area contributed by atoms with Gasteiger partial charge in [-0.2, -0.15) is 0 Å². The Morgan fingerprint density at radius 2 is 1.68 bits per heavy atom. The molecule has 3 N–H and O–H groups in total. The van der Waals surface area contributed by atoms with Crippen LogP contribution in [0.1, 0.15) is 41.0 Å². The van der Waals surface area contributed by atoms with Crippen LogP contribution in [0.5, 0.6) is 0 Å². The SMILES string of the molecule is CCN[C@H](C)CNC(=O)CNC(=O)CC(C)(C)C.Cl. The summed E-state index contributed by atoms with van der Waals surface area (Å²) in [7, 11) is 0. The number of likely N-dealkylation sites (N-methyl/N-ethyl adjacent to an activating group) is 1. The van der Waals surface area contributed by atoms with E-state index in [0.717, 1.165) is 6.54 Å². The Morgan fingerprint density at radius 1 is 1.11 bits per heavy atom. The molecule has 0 saturated carbocycles. The maximum atomic E-state index is 11.5. The lowest BCUT2D eigenvalue weighted by atomic mass is 9.92. The van der Waals surface area contributed by atoms with Crippen LogP contribution in [0.15, 0.2) is 0 Å². The zero-order chi connectivity index (χ0) is 14.2. The summed E-state index contributed by atoms with van der Waals surface area (Å²) < 4.78 is 0. The van der Waals surface area contributed by atoms with Gasteiger partial charge in [-0.3, -0.25) is 9.59 Å². The van der Waals surface area contributed by atoms with Gasteiger partial charge in [-0.1, -0.05) is 27.7 Å². The average Bonchev–Trinajstić information content (AvgIpc) is 2.21. The molecule has 0 aliphatic rings. The molecule has 5 nitrogen and oxygen atoms in total. The van der Waals surface area contributed by atoms with Gasteiger partial charge in [0.05, 0.1) is 6.54 Å². The molecule has 0 radical (unpaired) electrons. The average molecular weight is 294 g/mol. The fourth-order valence-corrected chi connectivity index (χ4v) is 1.47. The van der Waals surface area contributed by atoms with Gasteiger partial charge in [0.25, 0.3) is 0 Å². The summed E-state index contributed by atoms with van der Waals surface area (Å²) in [6, 6.07) is 0.240. The highest BCUT2D eigenvalue weighted by atomic mass is 35.5. The first-order chi connectivity index (χ1) is 8.24. The quantitative estimate of drug-likeness (QED) is 0.658. The number of carbonyl (C=O) groups excluding carboxylic acids is 2. The highest BCUT2D eigenvalue weighted by Crippen LogP contribution is 2.17. The predicted molar refractivity (Wildman–Crippen MR) is 80.5 cm³/mol. The second-order valence-corrected chi connectivity index (χ2v) is 5.78. The summed E-state index contributed by atoms with van der Waals surface area (Å²) in [5.41, 5.74) is -0.0554. The molecule has 0 heterocycles. The smallest absolute Gasteiger partial charge is 0.239 e. The maximum Gasteiger partial charge on any atom is 0.239 e. The molecule has 0 aromatic heterocycles. The molecular weight excluding hydrogens is 266 g/mol. The fourth-order valence-electron chi connectivity index (χ4n) is 1.47. The molecule has 2 amide bonds. The molecule has 0 aromatic carbocycles. The van der Waals surface area contributed by atoms with E-state index in [2.05, 4.69) is 16.0 Å². The lowest BCUT2D eigenvalue weighted by molar-refractivity contribution is -0.127. The fraction of sp³-hybridized carbons (Fsp3) is 0.846. The standard InChI is InChI=1S/C13H27N3O2.ClH/c1-6-14-10(2)8-15-12(18)9-16-11(17)7-13(3,4)5;/h10,14H,6-9H2,1-5H3,(H,15,18)(H,16,17);1H/t10-;/m1./s1. The van der Waals surface area contributed by atoms with Gasteiger partial charge < -0.3 is 16.0 Å². The molecule has 0 aliphatic carbocycles. The second-order valence-electron chi connectivity index (χ2n) is 5.78. The molecule has 0 rings (SSSR count). The number of carbonyl (C=O) groups is 2. The number of amides is 2. The number of hydrogen-bond donors (Lipinski definition) is 3. The highest BCUT2D eigenvalue weighted by molar-refractivity contribution is 5.85. The monoisotopic (exact) mass is 293 g/mol. The third-order valence-electron chi connectivity index (χ3n) is 2.30. The molecule has 0 saturated heterocycles. The van der Waals surface area contributed by atoms with E-state index in [0.29, 0.717) is 13.0 Å². The Hall–Kier alpha value is -0.810. The van der Waals surface area contributed by atoms with Crippen molar-refractivity contribution in [2.75, 3.05) is 19.6 Å². The first-order valence-corrected chi connectivity index (χ1v) is 6.51. The van der Waals surface area contributed by atoms with Gasteiger partial charge in [0.2, 0.25) is 11.8 Å². The molecule has 114 valence electrons. The highest BCUT2D eigenvalue weighted by Gasteiger charge is 2.16. The third kappa shape index (κ3) is 13.4. The number of rotatable bonds is 7. The van der Waals surface area contributed by atoms with Gasteiger partial charge in [0, 0.05) is 19.0 Å². The third-order valence-corrected chi connectivity index (χ3v) is 2.30. The maximum absolute atomic E-state index is 11.5. The molecule has 0 aliphatic heterocycles. The lowest BCUT2D eigenvalue weighted by Crippen LogP contribution is -2.43. The number of hydrogen-bond acceptors (Lipinski definition) is 3. The van der Waals surface area contributed by atoms with Crippen LogP contribution in [-0.2, 0) is 9.59 Å². The molecule has 0 spiro atoms. The van der Waals surface area contributed by atoms with Crippen molar-refractivity contribution in [1.29, 1.82) is 0 Å². The molecule has 19 heavy (non-hydrogen) atoms. The summed E-state index contributed by atoms with van der Waals surface area (Å²) in [6.07, 6.45) is 0.425. The largest absolute Gasteiger partial charge is 0.353 e. The second kappa shape index (κ2) is 10.0. The normalized spacial score (nSPS) is 12.3. The van der Waals surface area contributed by atoms with Gasteiger partial charge in [0.15, 0.2) is 0 Å². The van der Waals surface area contributed by atoms with Gasteiger partial charge >= 0.3 is 0 Å². The van der Waals surface area contributed by atoms with Crippen molar-refractivity contribution in [1.82, 2.24) is 16.0 Å². The van der Waals surface area contributed by atoms with Crippen molar-refractivity contribution in [3.05, 3.63) is 0 Å². The van der Waals surface area contributed by atoms with Crippen LogP contribution < -0.4 is 16.0 Å². The molecule has 0 bridgehead atoms. The van der Waals surface area contributed by atoms with Gasteiger partial charge in [-0.25, -0.2) is 0 Å². The van der Waals surface area contributed by atoms with Crippen LogP contribution in [0.25, 0.3) is 0 Å². The first-order valence-electron chi connectivity index (χ1n) is 6.51. The van der Waals surface area contributed by atoms with Gasteiger partial charge in [0.1, 0.15) is 0 Å². The summed E-state index contributed by atoms with van der Waals surface area (Å²) in [6.45, 7) is 11.5. The van der Waals surface area contributed by atoms with Crippen molar-refractivity contribution < 1.29 is 9.59 Å². The van der Waals surface area contributed by atoms with E-state index in [1.54, 1.807) is 0 Å². The molecule has 0 fully saturated rings. The zero-order valence-electron chi connectivity index (χ0n) is 12.6.